The summed E-state index contributed by atoms with van der Waals surface area (Å²) in [5.74, 6) is 1.78. The van der Waals surface area contributed by atoms with Gasteiger partial charge in [-0.15, -0.1) is 0 Å². The van der Waals surface area contributed by atoms with Gasteiger partial charge in [-0.1, -0.05) is 79.6 Å². The second kappa shape index (κ2) is 10.5. The molecule has 4 nitrogen and oxygen atoms in total. The van der Waals surface area contributed by atoms with Crippen LogP contribution in [0, 0.1) is 0 Å². The number of benzene rings is 3. The molecule has 1 aliphatic carbocycles. The number of hydrogen-bond donors (Lipinski definition) is 1. The molecule has 0 spiro atoms. The molecule has 37 heavy (non-hydrogen) atoms. The van der Waals surface area contributed by atoms with Gasteiger partial charge in [0, 0.05) is 34.7 Å². The first kappa shape index (κ1) is 23.4. The lowest BCUT2D eigenvalue weighted by Gasteiger charge is -2.32. The van der Waals surface area contributed by atoms with Crippen LogP contribution in [0.2, 0.25) is 0 Å². The average molecular weight is 489 g/mol. The summed E-state index contributed by atoms with van der Waals surface area (Å²) in [5.41, 5.74) is 5.54. The second-order valence-electron chi connectivity index (χ2n) is 9.92. The van der Waals surface area contributed by atoms with Crippen molar-refractivity contribution in [3.05, 3.63) is 126 Å². The molecule has 3 aromatic carbocycles. The highest BCUT2D eigenvalue weighted by atomic mass is 16.5. The Morgan fingerprint density at radius 3 is 2.49 bits per heavy atom. The Balaban J connectivity index is 1.32. The molecule has 2 aliphatic rings. The number of nitrogens with one attached hydrogen (secondary N) is 1. The third kappa shape index (κ3) is 4.97. The van der Waals surface area contributed by atoms with Gasteiger partial charge in [0.25, 0.3) is 0 Å². The third-order valence-corrected chi connectivity index (χ3v) is 7.54. The number of nitrogens with zero attached hydrogens (tertiary/aromatic N) is 1. The van der Waals surface area contributed by atoms with E-state index in [1.165, 1.54) is 24.0 Å². The average Bonchev–Trinajstić information content (AvgIpc) is 3.47. The van der Waals surface area contributed by atoms with E-state index in [9.17, 15) is 0 Å². The molecular formula is C33H32N2O2. The van der Waals surface area contributed by atoms with E-state index in [4.69, 9.17) is 14.5 Å². The van der Waals surface area contributed by atoms with Crippen LogP contribution in [-0.4, -0.2) is 18.1 Å². The SMILES string of the molecule is C1=CC(COc2ccc(OCc3ccc4ccccc4n3)cc2C2(c3ccccc3)CCCC2)=CNC1. The van der Waals surface area contributed by atoms with Crippen molar-refractivity contribution in [2.24, 2.45) is 0 Å². The second-order valence-corrected chi connectivity index (χ2v) is 9.92. The molecule has 0 amide bonds. The van der Waals surface area contributed by atoms with Crippen molar-refractivity contribution < 1.29 is 9.47 Å². The van der Waals surface area contributed by atoms with Gasteiger partial charge in [-0.05, 0) is 48.7 Å². The summed E-state index contributed by atoms with van der Waals surface area (Å²) in [7, 11) is 0. The summed E-state index contributed by atoms with van der Waals surface area (Å²) < 4.78 is 12.8. The lowest BCUT2D eigenvalue weighted by Crippen LogP contribution is -2.25. The molecule has 0 unspecified atom stereocenters. The molecule has 0 bridgehead atoms. The number of para-hydroxylation sites is 1. The van der Waals surface area contributed by atoms with Gasteiger partial charge in [0.2, 0.25) is 0 Å². The normalized spacial score (nSPS) is 16.3. The van der Waals surface area contributed by atoms with Crippen LogP contribution in [0.15, 0.2) is 109 Å². The first-order valence-corrected chi connectivity index (χ1v) is 13.2. The quantitative estimate of drug-likeness (QED) is 0.287. The highest BCUT2D eigenvalue weighted by Crippen LogP contribution is 2.50. The number of rotatable bonds is 8. The summed E-state index contributed by atoms with van der Waals surface area (Å²) in [6.07, 6.45) is 10.9. The van der Waals surface area contributed by atoms with Crippen LogP contribution in [0.25, 0.3) is 10.9 Å². The number of fused-ring (bicyclic) bond motifs is 1. The molecule has 6 rings (SSSR count). The molecule has 1 fully saturated rings. The van der Waals surface area contributed by atoms with E-state index >= 15 is 0 Å². The van der Waals surface area contributed by atoms with Crippen LogP contribution in [-0.2, 0) is 12.0 Å². The van der Waals surface area contributed by atoms with Crippen LogP contribution < -0.4 is 14.8 Å². The molecule has 0 atom stereocenters. The molecule has 1 aliphatic heterocycles. The molecule has 0 saturated heterocycles. The largest absolute Gasteiger partial charge is 0.489 e. The fourth-order valence-corrected chi connectivity index (χ4v) is 5.66. The first-order chi connectivity index (χ1) is 18.3. The highest BCUT2D eigenvalue weighted by molar-refractivity contribution is 5.78. The summed E-state index contributed by atoms with van der Waals surface area (Å²) in [6, 6.07) is 29.5. The number of pyridine rings is 1. The fourth-order valence-electron chi connectivity index (χ4n) is 5.66. The minimum atomic E-state index is -0.0772. The molecule has 2 heterocycles. The summed E-state index contributed by atoms with van der Waals surface area (Å²) in [5, 5.41) is 4.41. The van der Waals surface area contributed by atoms with Crippen LogP contribution >= 0.6 is 0 Å². The standard InChI is InChI=1S/C33H32N2O2/c1-2-11-27(12-3-1)33(18-6-7-19-33)30-21-29(16-17-32(30)37-23-25-9-8-20-34-22-25)36-24-28-15-14-26-10-4-5-13-31(26)35-28/h1-5,8-17,21-22,34H,6-7,18-20,23-24H2. The zero-order chi connectivity index (χ0) is 24.9. The Labute approximate surface area is 218 Å². The molecule has 1 saturated carbocycles. The van der Waals surface area contributed by atoms with E-state index in [0.29, 0.717) is 13.2 Å². The monoisotopic (exact) mass is 488 g/mol. The Kier molecular flexibility index (Phi) is 6.64. The lowest BCUT2D eigenvalue weighted by molar-refractivity contribution is 0.298. The van der Waals surface area contributed by atoms with Gasteiger partial charge in [-0.3, -0.25) is 0 Å². The summed E-state index contributed by atoms with van der Waals surface area (Å²) >= 11 is 0. The number of aromatic nitrogens is 1. The van der Waals surface area contributed by atoms with Gasteiger partial charge < -0.3 is 14.8 Å². The van der Waals surface area contributed by atoms with Crippen molar-refractivity contribution in [2.75, 3.05) is 13.2 Å². The maximum absolute atomic E-state index is 6.47. The number of ether oxygens (including phenoxy) is 2. The zero-order valence-electron chi connectivity index (χ0n) is 21.0. The Morgan fingerprint density at radius 1 is 0.811 bits per heavy atom. The van der Waals surface area contributed by atoms with E-state index in [-0.39, 0.29) is 5.41 Å². The predicted octanol–water partition coefficient (Wildman–Crippen LogP) is 7.10. The molecule has 186 valence electrons. The first-order valence-electron chi connectivity index (χ1n) is 13.2. The van der Waals surface area contributed by atoms with Crippen molar-refractivity contribution in [1.29, 1.82) is 0 Å². The third-order valence-electron chi connectivity index (χ3n) is 7.54. The fraction of sp³-hybridized carbons (Fsp3) is 0.242. The predicted molar refractivity (Wildman–Crippen MR) is 149 cm³/mol. The lowest BCUT2D eigenvalue weighted by atomic mass is 9.72. The van der Waals surface area contributed by atoms with Gasteiger partial charge in [0.1, 0.15) is 24.7 Å². The van der Waals surface area contributed by atoms with E-state index in [1.54, 1.807) is 0 Å². The van der Waals surface area contributed by atoms with Gasteiger partial charge in [0.05, 0.1) is 11.2 Å². The molecule has 0 radical (unpaired) electrons. The molecule has 1 aromatic heterocycles. The number of hydrogen-bond acceptors (Lipinski definition) is 4. The van der Waals surface area contributed by atoms with Crippen molar-refractivity contribution >= 4 is 10.9 Å². The topological polar surface area (TPSA) is 43.4 Å². The maximum Gasteiger partial charge on any atom is 0.130 e. The molecule has 4 aromatic rings. The minimum Gasteiger partial charge on any atom is -0.489 e. The van der Waals surface area contributed by atoms with Gasteiger partial charge in [-0.2, -0.15) is 0 Å². The van der Waals surface area contributed by atoms with E-state index in [2.05, 4.69) is 72.1 Å². The Hall–Kier alpha value is -4.05. The molecular weight excluding hydrogens is 456 g/mol. The van der Waals surface area contributed by atoms with Crippen LogP contribution in [0.1, 0.15) is 42.5 Å². The maximum atomic E-state index is 6.47. The van der Waals surface area contributed by atoms with E-state index < -0.39 is 0 Å². The Morgan fingerprint density at radius 2 is 1.65 bits per heavy atom. The highest BCUT2D eigenvalue weighted by Gasteiger charge is 2.39. The van der Waals surface area contributed by atoms with Crippen LogP contribution in [0.5, 0.6) is 11.5 Å². The van der Waals surface area contributed by atoms with Crippen LogP contribution in [0.4, 0.5) is 0 Å². The van der Waals surface area contributed by atoms with E-state index in [0.717, 1.165) is 53.1 Å². The Bertz CT molecular complexity index is 1440. The summed E-state index contributed by atoms with van der Waals surface area (Å²) in [4.78, 5) is 4.78. The van der Waals surface area contributed by atoms with Crippen molar-refractivity contribution in [1.82, 2.24) is 10.3 Å². The zero-order valence-corrected chi connectivity index (χ0v) is 21.0. The minimum absolute atomic E-state index is 0.0772. The van der Waals surface area contributed by atoms with Gasteiger partial charge in [0.15, 0.2) is 0 Å². The molecule has 1 N–H and O–H groups in total. The molecule has 4 heteroatoms. The summed E-state index contributed by atoms with van der Waals surface area (Å²) in [6.45, 7) is 1.82. The van der Waals surface area contributed by atoms with Gasteiger partial charge in [-0.25, -0.2) is 4.98 Å². The van der Waals surface area contributed by atoms with Crippen molar-refractivity contribution in [3.8, 4) is 11.5 Å². The number of dihydropyridines is 1. The van der Waals surface area contributed by atoms with Crippen LogP contribution in [0.3, 0.4) is 0 Å². The smallest absolute Gasteiger partial charge is 0.130 e. The van der Waals surface area contributed by atoms with Crippen molar-refractivity contribution in [2.45, 2.75) is 37.7 Å². The van der Waals surface area contributed by atoms with Crippen molar-refractivity contribution in [3.63, 3.8) is 0 Å². The van der Waals surface area contributed by atoms with E-state index in [1.807, 2.05) is 36.5 Å². The van der Waals surface area contributed by atoms with Gasteiger partial charge >= 0.3 is 0 Å².